The molecule has 1 fully saturated rings. The summed E-state index contributed by atoms with van der Waals surface area (Å²) in [5, 5.41) is 0. The SMILES string of the molecule is CCCN1CCC(F)(C(C)C)CC1. The van der Waals surface area contributed by atoms with Gasteiger partial charge in [-0.25, -0.2) is 4.39 Å². The van der Waals surface area contributed by atoms with Crippen molar-refractivity contribution in [2.45, 2.75) is 45.7 Å². The Balaban J connectivity index is 2.37. The van der Waals surface area contributed by atoms with E-state index in [4.69, 9.17) is 0 Å². The molecule has 0 amide bonds. The number of hydrogen-bond acceptors (Lipinski definition) is 1. The fraction of sp³-hybridized carbons (Fsp3) is 1.00. The Morgan fingerprint density at radius 2 is 1.85 bits per heavy atom. The molecule has 0 atom stereocenters. The lowest BCUT2D eigenvalue weighted by Crippen LogP contribution is -2.44. The van der Waals surface area contributed by atoms with Crippen LogP contribution >= 0.6 is 0 Å². The normalized spacial score (nSPS) is 23.8. The molecule has 1 rings (SSSR count). The molecule has 1 heterocycles. The van der Waals surface area contributed by atoms with E-state index in [2.05, 4.69) is 11.8 Å². The summed E-state index contributed by atoms with van der Waals surface area (Å²) in [5.41, 5.74) is -0.885. The fourth-order valence-corrected chi connectivity index (χ4v) is 2.04. The molecule has 0 bridgehead atoms. The highest BCUT2D eigenvalue weighted by molar-refractivity contribution is 4.88. The predicted molar refractivity (Wildman–Crippen MR) is 54.6 cm³/mol. The van der Waals surface area contributed by atoms with Gasteiger partial charge in [0.2, 0.25) is 0 Å². The third-order valence-corrected chi connectivity index (χ3v) is 3.26. The Hall–Kier alpha value is -0.110. The summed E-state index contributed by atoms with van der Waals surface area (Å²) in [6.07, 6.45) is 2.64. The van der Waals surface area contributed by atoms with Crippen LogP contribution in [0.1, 0.15) is 40.0 Å². The summed E-state index contributed by atoms with van der Waals surface area (Å²) in [4.78, 5) is 2.38. The molecule has 0 aromatic rings. The zero-order valence-electron chi connectivity index (χ0n) is 9.15. The maximum Gasteiger partial charge on any atom is 0.115 e. The van der Waals surface area contributed by atoms with Crippen molar-refractivity contribution in [3.05, 3.63) is 0 Å². The van der Waals surface area contributed by atoms with Gasteiger partial charge in [0.25, 0.3) is 0 Å². The minimum absolute atomic E-state index is 0.177. The van der Waals surface area contributed by atoms with Gasteiger partial charge in [-0.15, -0.1) is 0 Å². The Morgan fingerprint density at radius 3 is 2.23 bits per heavy atom. The smallest absolute Gasteiger partial charge is 0.115 e. The average molecular weight is 187 g/mol. The van der Waals surface area contributed by atoms with Gasteiger partial charge in [-0.05, 0) is 31.7 Å². The predicted octanol–water partition coefficient (Wildman–Crippen LogP) is 2.86. The molecule has 2 heteroatoms. The van der Waals surface area contributed by atoms with Gasteiger partial charge < -0.3 is 4.90 Å². The van der Waals surface area contributed by atoms with Crippen LogP contribution in [-0.4, -0.2) is 30.2 Å². The van der Waals surface area contributed by atoms with Crippen molar-refractivity contribution in [1.82, 2.24) is 4.90 Å². The van der Waals surface area contributed by atoms with E-state index in [0.29, 0.717) is 0 Å². The summed E-state index contributed by atoms with van der Waals surface area (Å²) in [6.45, 7) is 9.20. The van der Waals surface area contributed by atoms with E-state index in [9.17, 15) is 4.39 Å². The van der Waals surface area contributed by atoms with Crippen LogP contribution < -0.4 is 0 Å². The lowest BCUT2D eigenvalue weighted by atomic mass is 9.83. The van der Waals surface area contributed by atoms with Crippen LogP contribution in [-0.2, 0) is 0 Å². The summed E-state index contributed by atoms with van der Waals surface area (Å²) in [5.74, 6) is 0.177. The summed E-state index contributed by atoms with van der Waals surface area (Å²) in [7, 11) is 0. The second-order valence-corrected chi connectivity index (χ2v) is 4.53. The maximum absolute atomic E-state index is 14.1. The molecule has 78 valence electrons. The van der Waals surface area contributed by atoms with Crippen molar-refractivity contribution in [2.75, 3.05) is 19.6 Å². The molecule has 13 heavy (non-hydrogen) atoms. The fourth-order valence-electron chi connectivity index (χ4n) is 2.04. The summed E-state index contributed by atoms with van der Waals surface area (Å²) >= 11 is 0. The first kappa shape index (κ1) is 11.0. The molecule has 1 nitrogen and oxygen atoms in total. The van der Waals surface area contributed by atoms with Crippen molar-refractivity contribution in [1.29, 1.82) is 0 Å². The summed E-state index contributed by atoms with van der Waals surface area (Å²) < 4.78 is 14.1. The van der Waals surface area contributed by atoms with Gasteiger partial charge in [0, 0.05) is 13.1 Å². The van der Waals surface area contributed by atoms with Crippen molar-refractivity contribution in [3.63, 3.8) is 0 Å². The molecule has 0 N–H and O–H groups in total. The molecule has 1 aliphatic heterocycles. The Kier molecular flexibility index (Phi) is 3.72. The van der Waals surface area contributed by atoms with Gasteiger partial charge >= 0.3 is 0 Å². The molecule has 1 aliphatic rings. The topological polar surface area (TPSA) is 3.24 Å². The molecule has 0 saturated carbocycles. The van der Waals surface area contributed by atoms with Gasteiger partial charge in [-0.3, -0.25) is 0 Å². The lowest BCUT2D eigenvalue weighted by molar-refractivity contribution is 0.0198. The minimum atomic E-state index is -0.885. The first-order valence-corrected chi connectivity index (χ1v) is 5.50. The number of likely N-dealkylation sites (tertiary alicyclic amines) is 1. The van der Waals surface area contributed by atoms with Gasteiger partial charge in [-0.1, -0.05) is 20.8 Å². The molecule has 0 unspecified atom stereocenters. The molecule has 1 saturated heterocycles. The lowest BCUT2D eigenvalue weighted by Gasteiger charge is -2.38. The molecule has 0 aromatic carbocycles. The van der Waals surface area contributed by atoms with Gasteiger partial charge in [0.05, 0.1) is 0 Å². The van der Waals surface area contributed by atoms with E-state index < -0.39 is 5.67 Å². The quantitative estimate of drug-likeness (QED) is 0.656. The van der Waals surface area contributed by atoms with Gasteiger partial charge in [0.1, 0.15) is 5.67 Å². The third-order valence-electron chi connectivity index (χ3n) is 3.26. The Bertz CT molecular complexity index is 148. The van der Waals surface area contributed by atoms with Crippen molar-refractivity contribution in [3.8, 4) is 0 Å². The monoisotopic (exact) mass is 187 g/mol. The highest BCUT2D eigenvalue weighted by Crippen LogP contribution is 2.33. The first-order valence-electron chi connectivity index (χ1n) is 5.50. The number of hydrogen-bond donors (Lipinski definition) is 0. The van der Waals surface area contributed by atoms with Gasteiger partial charge in [-0.2, -0.15) is 0 Å². The second-order valence-electron chi connectivity index (χ2n) is 4.53. The first-order chi connectivity index (χ1) is 6.08. The van der Waals surface area contributed by atoms with Crippen molar-refractivity contribution < 1.29 is 4.39 Å². The molecular formula is C11H22FN. The molecule has 0 aliphatic carbocycles. The number of rotatable bonds is 3. The number of alkyl halides is 1. The van der Waals surface area contributed by atoms with Crippen LogP contribution in [0.5, 0.6) is 0 Å². The minimum Gasteiger partial charge on any atom is -0.303 e. The van der Waals surface area contributed by atoms with Crippen LogP contribution in [0.15, 0.2) is 0 Å². The average Bonchev–Trinajstić information content (AvgIpc) is 2.09. The molecule has 0 aromatic heterocycles. The van der Waals surface area contributed by atoms with Crippen molar-refractivity contribution >= 4 is 0 Å². The summed E-state index contributed by atoms with van der Waals surface area (Å²) in [6, 6.07) is 0. The molecule has 0 radical (unpaired) electrons. The van der Waals surface area contributed by atoms with E-state index in [1.165, 1.54) is 6.42 Å². The zero-order valence-corrected chi connectivity index (χ0v) is 9.15. The number of halogens is 1. The largest absolute Gasteiger partial charge is 0.303 e. The van der Waals surface area contributed by atoms with E-state index in [-0.39, 0.29) is 5.92 Å². The van der Waals surface area contributed by atoms with E-state index >= 15 is 0 Å². The second kappa shape index (κ2) is 4.41. The van der Waals surface area contributed by atoms with Crippen molar-refractivity contribution in [2.24, 2.45) is 5.92 Å². The zero-order chi connectivity index (χ0) is 9.90. The highest BCUT2D eigenvalue weighted by atomic mass is 19.1. The van der Waals surface area contributed by atoms with Gasteiger partial charge in [0.15, 0.2) is 0 Å². The Labute approximate surface area is 81.3 Å². The number of piperidine rings is 1. The van der Waals surface area contributed by atoms with Crippen LogP contribution in [0.3, 0.4) is 0 Å². The van der Waals surface area contributed by atoms with E-state index in [1.54, 1.807) is 0 Å². The highest BCUT2D eigenvalue weighted by Gasteiger charge is 2.36. The van der Waals surface area contributed by atoms with Crippen LogP contribution in [0.2, 0.25) is 0 Å². The van der Waals surface area contributed by atoms with Crippen LogP contribution in [0.25, 0.3) is 0 Å². The Morgan fingerprint density at radius 1 is 1.31 bits per heavy atom. The standard InChI is InChI=1S/C11H22FN/c1-4-7-13-8-5-11(12,6-9-13)10(2)3/h10H,4-9H2,1-3H3. The van der Waals surface area contributed by atoms with E-state index in [0.717, 1.165) is 32.5 Å². The van der Waals surface area contributed by atoms with Crippen LogP contribution in [0, 0.1) is 5.92 Å². The van der Waals surface area contributed by atoms with Crippen LogP contribution in [0.4, 0.5) is 4.39 Å². The molecule has 0 spiro atoms. The molecular weight excluding hydrogens is 165 g/mol. The number of nitrogens with zero attached hydrogens (tertiary/aromatic N) is 1. The maximum atomic E-state index is 14.1. The van der Waals surface area contributed by atoms with E-state index in [1.807, 2.05) is 13.8 Å². The third kappa shape index (κ3) is 2.67.